The zero-order chi connectivity index (χ0) is 14.7. The number of rotatable bonds is 5. The molecule has 1 heterocycles. The normalized spacial score (nSPS) is 16.4. The molecule has 0 radical (unpaired) electrons. The van der Waals surface area contributed by atoms with Crippen LogP contribution in [0, 0.1) is 0 Å². The molecule has 0 amide bonds. The van der Waals surface area contributed by atoms with E-state index in [1.54, 1.807) is 0 Å². The Morgan fingerprint density at radius 3 is 1.76 bits per heavy atom. The monoisotopic (exact) mass is 280 g/mol. The first-order valence-electron chi connectivity index (χ1n) is 7.84. The summed E-state index contributed by atoms with van der Waals surface area (Å²) in [6.45, 7) is 6.67. The molecule has 0 aromatic heterocycles. The Morgan fingerprint density at radius 2 is 1.33 bits per heavy atom. The smallest absolute Gasteiger partial charge is 0.0602 e. The highest BCUT2D eigenvalue weighted by Gasteiger charge is 2.33. The minimum Gasteiger partial charge on any atom is -0.309 e. The van der Waals surface area contributed by atoms with Crippen LogP contribution in [-0.2, 0) is 0 Å². The second-order valence-corrected chi connectivity index (χ2v) is 6.20. The molecule has 0 bridgehead atoms. The van der Waals surface area contributed by atoms with Crippen molar-refractivity contribution in [1.82, 2.24) is 10.2 Å². The minimum atomic E-state index is 0.373. The second-order valence-electron chi connectivity index (χ2n) is 6.20. The lowest BCUT2D eigenvalue weighted by Crippen LogP contribution is -2.60. The van der Waals surface area contributed by atoms with E-state index in [-0.39, 0.29) is 0 Å². The van der Waals surface area contributed by atoms with Crippen molar-refractivity contribution in [3.8, 4) is 0 Å². The van der Waals surface area contributed by atoms with Gasteiger partial charge in [0, 0.05) is 25.2 Å². The maximum Gasteiger partial charge on any atom is 0.0602 e. The van der Waals surface area contributed by atoms with E-state index in [1.807, 2.05) is 0 Å². The van der Waals surface area contributed by atoms with Gasteiger partial charge in [-0.3, -0.25) is 4.90 Å². The van der Waals surface area contributed by atoms with Gasteiger partial charge in [0.05, 0.1) is 6.04 Å². The topological polar surface area (TPSA) is 15.3 Å². The summed E-state index contributed by atoms with van der Waals surface area (Å²) in [5.74, 6) is 0. The van der Waals surface area contributed by atoms with Crippen molar-refractivity contribution in [1.29, 1.82) is 0 Å². The van der Waals surface area contributed by atoms with E-state index in [2.05, 4.69) is 84.7 Å². The van der Waals surface area contributed by atoms with Crippen molar-refractivity contribution in [3.05, 3.63) is 71.8 Å². The molecule has 3 rings (SSSR count). The Hall–Kier alpha value is -1.64. The third kappa shape index (κ3) is 3.34. The second kappa shape index (κ2) is 6.42. The molecule has 0 unspecified atom stereocenters. The molecule has 0 aliphatic carbocycles. The van der Waals surface area contributed by atoms with Gasteiger partial charge in [-0.05, 0) is 11.1 Å². The number of hydrogen-bond acceptors (Lipinski definition) is 2. The van der Waals surface area contributed by atoms with Crippen LogP contribution < -0.4 is 5.32 Å². The lowest BCUT2D eigenvalue weighted by atomic mass is 9.93. The number of hydrogen-bond donors (Lipinski definition) is 1. The van der Waals surface area contributed by atoms with Crippen LogP contribution in [0.2, 0.25) is 0 Å². The van der Waals surface area contributed by atoms with Crippen molar-refractivity contribution in [3.63, 3.8) is 0 Å². The maximum atomic E-state index is 3.63. The van der Waals surface area contributed by atoms with E-state index in [9.17, 15) is 0 Å². The van der Waals surface area contributed by atoms with Gasteiger partial charge in [-0.2, -0.15) is 0 Å². The molecule has 2 aromatic rings. The molecule has 0 spiro atoms. The van der Waals surface area contributed by atoms with Gasteiger partial charge < -0.3 is 5.32 Å². The molecule has 21 heavy (non-hydrogen) atoms. The van der Waals surface area contributed by atoms with Crippen molar-refractivity contribution < 1.29 is 0 Å². The predicted molar refractivity (Wildman–Crippen MR) is 88.4 cm³/mol. The van der Waals surface area contributed by atoms with Crippen molar-refractivity contribution >= 4 is 0 Å². The summed E-state index contributed by atoms with van der Waals surface area (Å²) >= 11 is 0. The van der Waals surface area contributed by atoms with Crippen LogP contribution in [0.1, 0.15) is 31.0 Å². The first-order valence-corrected chi connectivity index (χ1v) is 7.84. The molecule has 1 N–H and O–H groups in total. The van der Waals surface area contributed by atoms with Gasteiger partial charge in [-0.15, -0.1) is 0 Å². The van der Waals surface area contributed by atoms with Gasteiger partial charge >= 0.3 is 0 Å². The molecular formula is C19H24N2. The highest BCUT2D eigenvalue weighted by atomic mass is 15.3. The fourth-order valence-corrected chi connectivity index (χ4v) is 3.19. The van der Waals surface area contributed by atoms with Gasteiger partial charge in [0.1, 0.15) is 0 Å². The van der Waals surface area contributed by atoms with Gasteiger partial charge in [-0.1, -0.05) is 74.5 Å². The van der Waals surface area contributed by atoms with Crippen molar-refractivity contribution in [2.45, 2.75) is 32.0 Å². The SMILES string of the molecule is CC(C)NC1CN(C(c2ccccc2)c2ccccc2)C1. The summed E-state index contributed by atoms with van der Waals surface area (Å²) in [6.07, 6.45) is 0. The number of nitrogens with one attached hydrogen (secondary N) is 1. The summed E-state index contributed by atoms with van der Waals surface area (Å²) in [6, 6.07) is 23.2. The minimum absolute atomic E-state index is 0.373. The number of likely N-dealkylation sites (tertiary alicyclic amines) is 1. The molecule has 1 fully saturated rings. The first-order chi connectivity index (χ1) is 10.2. The van der Waals surface area contributed by atoms with E-state index >= 15 is 0 Å². The van der Waals surface area contributed by atoms with E-state index < -0.39 is 0 Å². The average molecular weight is 280 g/mol. The Balaban J connectivity index is 1.79. The Morgan fingerprint density at radius 1 is 0.857 bits per heavy atom. The van der Waals surface area contributed by atoms with Crippen LogP contribution in [0.3, 0.4) is 0 Å². The molecule has 2 heteroatoms. The van der Waals surface area contributed by atoms with Gasteiger partial charge in [0.2, 0.25) is 0 Å². The van der Waals surface area contributed by atoms with Crippen molar-refractivity contribution in [2.24, 2.45) is 0 Å². The van der Waals surface area contributed by atoms with Crippen molar-refractivity contribution in [2.75, 3.05) is 13.1 Å². The molecule has 1 saturated heterocycles. The zero-order valence-electron chi connectivity index (χ0n) is 12.9. The third-order valence-corrected chi connectivity index (χ3v) is 4.07. The molecule has 110 valence electrons. The first kappa shape index (κ1) is 14.3. The van der Waals surface area contributed by atoms with Gasteiger partial charge in [-0.25, -0.2) is 0 Å². The summed E-state index contributed by atoms with van der Waals surface area (Å²) in [5, 5.41) is 3.63. The van der Waals surface area contributed by atoms with E-state index in [0.717, 1.165) is 13.1 Å². The molecule has 2 aromatic carbocycles. The lowest BCUT2D eigenvalue weighted by Gasteiger charge is -2.45. The van der Waals surface area contributed by atoms with Gasteiger partial charge in [0.15, 0.2) is 0 Å². The summed E-state index contributed by atoms with van der Waals surface area (Å²) < 4.78 is 0. The molecule has 0 saturated carbocycles. The Labute approximate surface area is 127 Å². The molecule has 2 nitrogen and oxygen atoms in total. The Kier molecular flexibility index (Phi) is 4.37. The van der Waals surface area contributed by atoms with Crippen LogP contribution in [0.25, 0.3) is 0 Å². The fourth-order valence-electron chi connectivity index (χ4n) is 3.19. The van der Waals surface area contributed by atoms with Crippen LogP contribution in [-0.4, -0.2) is 30.1 Å². The van der Waals surface area contributed by atoms with E-state index in [1.165, 1.54) is 11.1 Å². The largest absolute Gasteiger partial charge is 0.309 e. The third-order valence-electron chi connectivity index (χ3n) is 4.07. The maximum absolute atomic E-state index is 3.63. The molecule has 0 atom stereocenters. The summed E-state index contributed by atoms with van der Waals surface area (Å²) in [7, 11) is 0. The van der Waals surface area contributed by atoms with Crippen LogP contribution in [0.4, 0.5) is 0 Å². The fraction of sp³-hybridized carbons (Fsp3) is 0.368. The zero-order valence-corrected chi connectivity index (χ0v) is 12.9. The highest BCUT2D eigenvalue weighted by molar-refractivity contribution is 5.32. The van der Waals surface area contributed by atoms with Crippen LogP contribution in [0.15, 0.2) is 60.7 Å². The average Bonchev–Trinajstić information content (AvgIpc) is 2.47. The quantitative estimate of drug-likeness (QED) is 0.902. The molecule has 1 aliphatic rings. The summed E-state index contributed by atoms with van der Waals surface area (Å²) in [5.41, 5.74) is 2.76. The van der Waals surface area contributed by atoms with Crippen LogP contribution in [0.5, 0.6) is 0 Å². The summed E-state index contributed by atoms with van der Waals surface area (Å²) in [4.78, 5) is 2.56. The van der Waals surface area contributed by atoms with Gasteiger partial charge in [0.25, 0.3) is 0 Å². The Bertz CT molecular complexity index is 505. The van der Waals surface area contributed by atoms with Crippen LogP contribution >= 0.6 is 0 Å². The molecular weight excluding hydrogens is 256 g/mol. The van der Waals surface area contributed by atoms with E-state index in [4.69, 9.17) is 0 Å². The highest BCUT2D eigenvalue weighted by Crippen LogP contribution is 2.32. The number of benzene rings is 2. The lowest BCUT2D eigenvalue weighted by molar-refractivity contribution is 0.0886. The van der Waals surface area contributed by atoms with E-state index in [0.29, 0.717) is 18.1 Å². The predicted octanol–water partition coefficient (Wildman–Crippen LogP) is 3.46. The number of nitrogens with zero attached hydrogens (tertiary/aromatic N) is 1. The standard InChI is InChI=1S/C19H24N2/c1-15(2)20-18-13-21(14-18)19(16-9-5-3-6-10-16)17-11-7-4-8-12-17/h3-12,15,18-20H,13-14H2,1-2H3. The molecule has 1 aliphatic heterocycles.